The van der Waals surface area contributed by atoms with Crippen molar-refractivity contribution in [1.82, 2.24) is 0 Å². The van der Waals surface area contributed by atoms with E-state index in [1.54, 1.807) is 0 Å². The molecule has 3 heteroatoms. The lowest BCUT2D eigenvalue weighted by Gasteiger charge is -2.21. The highest BCUT2D eigenvalue weighted by Gasteiger charge is 2.19. The van der Waals surface area contributed by atoms with Gasteiger partial charge in [-0.3, -0.25) is 4.79 Å². The van der Waals surface area contributed by atoms with Crippen LogP contribution in [0.15, 0.2) is 0 Å². The van der Waals surface area contributed by atoms with Crippen molar-refractivity contribution in [3.8, 4) is 0 Å². The highest BCUT2D eigenvalue weighted by Crippen LogP contribution is 2.20. The molecule has 0 amide bonds. The Kier molecular flexibility index (Phi) is 6.65. The van der Waals surface area contributed by atoms with Gasteiger partial charge in [0.2, 0.25) is 0 Å². The van der Waals surface area contributed by atoms with Crippen LogP contribution in [0.1, 0.15) is 57.8 Å². The number of hydrogen-bond donors (Lipinski definition) is 2. The Balaban J connectivity index is 2.42. The van der Waals surface area contributed by atoms with Gasteiger partial charge in [0.15, 0.2) is 0 Å². The third kappa shape index (κ3) is 5.08. The van der Waals surface area contributed by atoms with Gasteiger partial charge in [-0.2, -0.15) is 0 Å². The van der Waals surface area contributed by atoms with Crippen LogP contribution in [0.3, 0.4) is 0 Å². The normalized spacial score (nSPS) is 30.5. The van der Waals surface area contributed by atoms with Crippen molar-refractivity contribution >= 4 is 5.78 Å². The van der Waals surface area contributed by atoms with Gasteiger partial charge in [0, 0.05) is 25.4 Å². The lowest BCUT2D eigenvalue weighted by atomic mass is 9.91. The zero-order valence-electron chi connectivity index (χ0n) is 10.0. The second-order valence-electron chi connectivity index (χ2n) is 4.89. The highest BCUT2D eigenvalue weighted by molar-refractivity contribution is 5.78. The van der Waals surface area contributed by atoms with Crippen LogP contribution in [0.4, 0.5) is 0 Å². The standard InChI is InChI=1S/C13H24O3/c14-10-11-6-4-2-1-3-5-7-12(15)8-9-13(11)16/h11,13-14,16H,1-10H2/t11-,13+/m1/s1. The zero-order chi connectivity index (χ0) is 11.8. The summed E-state index contributed by atoms with van der Waals surface area (Å²) in [5.41, 5.74) is 0. The topological polar surface area (TPSA) is 57.5 Å². The fraction of sp³-hybridized carbons (Fsp3) is 0.923. The molecular formula is C13H24O3. The number of hydrogen-bond acceptors (Lipinski definition) is 3. The first-order valence-corrected chi connectivity index (χ1v) is 6.54. The maximum atomic E-state index is 11.5. The minimum atomic E-state index is -0.506. The Bertz CT molecular complexity index is 203. The number of carbonyl (C=O) groups excluding carboxylic acids is 1. The number of ketones is 1. The van der Waals surface area contributed by atoms with Crippen molar-refractivity contribution in [1.29, 1.82) is 0 Å². The van der Waals surface area contributed by atoms with Gasteiger partial charge in [0.25, 0.3) is 0 Å². The molecule has 2 atom stereocenters. The lowest BCUT2D eigenvalue weighted by molar-refractivity contribution is -0.120. The fourth-order valence-corrected chi connectivity index (χ4v) is 2.33. The molecule has 2 N–H and O–H groups in total. The van der Waals surface area contributed by atoms with E-state index in [9.17, 15) is 15.0 Å². The van der Waals surface area contributed by atoms with E-state index < -0.39 is 6.10 Å². The maximum Gasteiger partial charge on any atom is 0.133 e. The lowest BCUT2D eigenvalue weighted by Crippen LogP contribution is -2.24. The van der Waals surface area contributed by atoms with Crippen LogP contribution in [-0.2, 0) is 4.79 Å². The van der Waals surface area contributed by atoms with Crippen LogP contribution < -0.4 is 0 Å². The molecule has 0 aromatic carbocycles. The molecule has 0 spiro atoms. The molecule has 0 aliphatic heterocycles. The van der Waals surface area contributed by atoms with Crippen LogP contribution in [0.2, 0.25) is 0 Å². The van der Waals surface area contributed by atoms with E-state index in [1.807, 2.05) is 0 Å². The summed E-state index contributed by atoms with van der Waals surface area (Å²) in [6.45, 7) is 0.0371. The summed E-state index contributed by atoms with van der Waals surface area (Å²) in [7, 11) is 0. The summed E-state index contributed by atoms with van der Waals surface area (Å²) < 4.78 is 0. The summed E-state index contributed by atoms with van der Waals surface area (Å²) in [5.74, 6) is 0.225. The molecule has 16 heavy (non-hydrogen) atoms. The minimum absolute atomic E-state index is 0.0350. The largest absolute Gasteiger partial charge is 0.396 e. The first-order valence-electron chi connectivity index (χ1n) is 6.54. The van der Waals surface area contributed by atoms with Crippen molar-refractivity contribution < 1.29 is 15.0 Å². The predicted octanol–water partition coefficient (Wildman–Crippen LogP) is 2.05. The molecule has 1 saturated carbocycles. The zero-order valence-corrected chi connectivity index (χ0v) is 10.0. The molecule has 94 valence electrons. The first kappa shape index (κ1) is 13.7. The highest BCUT2D eigenvalue weighted by atomic mass is 16.3. The van der Waals surface area contributed by atoms with E-state index in [0.717, 1.165) is 32.1 Å². The average Bonchev–Trinajstić information content (AvgIpc) is 2.28. The van der Waals surface area contributed by atoms with Gasteiger partial charge in [0.05, 0.1) is 6.10 Å². The molecule has 0 saturated heterocycles. The number of aliphatic hydroxyl groups is 2. The molecule has 0 heterocycles. The Morgan fingerprint density at radius 3 is 2.44 bits per heavy atom. The molecule has 1 rings (SSSR count). The molecule has 0 aromatic heterocycles. The van der Waals surface area contributed by atoms with Crippen molar-refractivity contribution in [2.24, 2.45) is 5.92 Å². The molecule has 1 aliphatic carbocycles. The van der Waals surface area contributed by atoms with Gasteiger partial charge in [-0.15, -0.1) is 0 Å². The summed E-state index contributed by atoms with van der Waals surface area (Å²) in [6.07, 6.45) is 7.56. The van der Waals surface area contributed by atoms with E-state index in [1.165, 1.54) is 6.42 Å². The van der Waals surface area contributed by atoms with Crippen LogP contribution >= 0.6 is 0 Å². The Morgan fingerprint density at radius 2 is 1.69 bits per heavy atom. The molecule has 0 unspecified atom stereocenters. The van der Waals surface area contributed by atoms with E-state index >= 15 is 0 Å². The van der Waals surface area contributed by atoms with Crippen molar-refractivity contribution in [3.63, 3.8) is 0 Å². The predicted molar refractivity (Wildman–Crippen MR) is 63.1 cm³/mol. The van der Waals surface area contributed by atoms with Gasteiger partial charge in [-0.25, -0.2) is 0 Å². The van der Waals surface area contributed by atoms with Crippen LogP contribution in [-0.4, -0.2) is 28.7 Å². The van der Waals surface area contributed by atoms with E-state index in [-0.39, 0.29) is 18.3 Å². The van der Waals surface area contributed by atoms with Gasteiger partial charge < -0.3 is 10.2 Å². The van der Waals surface area contributed by atoms with Gasteiger partial charge in [0.1, 0.15) is 5.78 Å². The molecule has 0 radical (unpaired) electrons. The second-order valence-corrected chi connectivity index (χ2v) is 4.89. The van der Waals surface area contributed by atoms with Gasteiger partial charge in [-0.1, -0.05) is 25.7 Å². The summed E-state index contributed by atoms with van der Waals surface area (Å²) in [6, 6.07) is 0. The fourth-order valence-electron chi connectivity index (χ4n) is 2.33. The minimum Gasteiger partial charge on any atom is -0.396 e. The molecule has 1 aliphatic rings. The van der Waals surface area contributed by atoms with Gasteiger partial charge >= 0.3 is 0 Å². The van der Waals surface area contributed by atoms with E-state index in [4.69, 9.17) is 0 Å². The molecule has 0 bridgehead atoms. The smallest absolute Gasteiger partial charge is 0.133 e. The SMILES string of the molecule is O=C1CCCCCCC[C@H](CO)[C@@H](O)CC1. The first-order chi connectivity index (χ1) is 7.74. The van der Waals surface area contributed by atoms with Crippen molar-refractivity contribution in [2.75, 3.05) is 6.61 Å². The van der Waals surface area contributed by atoms with Crippen LogP contribution in [0.5, 0.6) is 0 Å². The number of rotatable bonds is 1. The molecular weight excluding hydrogens is 204 g/mol. The van der Waals surface area contributed by atoms with E-state index in [0.29, 0.717) is 19.3 Å². The quantitative estimate of drug-likeness (QED) is 0.722. The average molecular weight is 228 g/mol. The third-order valence-electron chi connectivity index (χ3n) is 3.53. The number of carbonyl (C=O) groups is 1. The maximum absolute atomic E-state index is 11.5. The second kappa shape index (κ2) is 7.80. The summed E-state index contributed by atoms with van der Waals surface area (Å²) in [4.78, 5) is 11.5. The Labute approximate surface area is 97.9 Å². The van der Waals surface area contributed by atoms with Crippen molar-refractivity contribution in [3.05, 3.63) is 0 Å². The monoisotopic (exact) mass is 228 g/mol. The molecule has 3 nitrogen and oxygen atoms in total. The number of aliphatic hydroxyl groups excluding tert-OH is 2. The summed E-state index contributed by atoms with van der Waals surface area (Å²) in [5, 5.41) is 19.0. The molecule has 1 fully saturated rings. The third-order valence-corrected chi connectivity index (χ3v) is 3.53. The Morgan fingerprint density at radius 1 is 1.00 bits per heavy atom. The summed E-state index contributed by atoms with van der Waals surface area (Å²) >= 11 is 0. The van der Waals surface area contributed by atoms with Gasteiger partial charge in [-0.05, 0) is 19.3 Å². The van der Waals surface area contributed by atoms with E-state index in [2.05, 4.69) is 0 Å². The molecule has 0 aromatic rings. The Hall–Kier alpha value is -0.410. The van der Waals surface area contributed by atoms with Crippen LogP contribution in [0, 0.1) is 5.92 Å². The van der Waals surface area contributed by atoms with Crippen molar-refractivity contribution in [2.45, 2.75) is 63.9 Å². The number of Topliss-reactive ketones (excluding diaryl/α,β-unsaturated/α-hetero) is 1. The van der Waals surface area contributed by atoms with Crippen LogP contribution in [0.25, 0.3) is 0 Å².